The molecular weight excluding hydrogens is 270 g/mol. The number of morpholine rings is 1. The lowest BCUT2D eigenvalue weighted by molar-refractivity contribution is -0.144. The molecule has 0 saturated carbocycles. The standard InChI is InChI=1S/C16H21NO4/c1-3-15(18)12-4-6-13(7-5-12)17-8-9-21-14(11-17)10-16(19)20-2/h4-7,14H,3,8-11H2,1-2H3. The van der Waals surface area contributed by atoms with Crippen LogP contribution >= 0.6 is 0 Å². The molecule has 1 heterocycles. The average Bonchev–Trinajstić information content (AvgIpc) is 2.54. The fraction of sp³-hybridized carbons (Fsp3) is 0.500. The number of benzene rings is 1. The fourth-order valence-electron chi connectivity index (χ4n) is 2.41. The molecule has 5 heteroatoms. The zero-order chi connectivity index (χ0) is 15.2. The molecule has 5 nitrogen and oxygen atoms in total. The number of rotatable bonds is 5. The van der Waals surface area contributed by atoms with E-state index in [0.717, 1.165) is 17.8 Å². The van der Waals surface area contributed by atoms with Gasteiger partial charge in [0.15, 0.2) is 5.78 Å². The van der Waals surface area contributed by atoms with E-state index in [1.165, 1.54) is 7.11 Å². The van der Waals surface area contributed by atoms with Gasteiger partial charge in [-0.25, -0.2) is 0 Å². The Morgan fingerprint density at radius 2 is 2.05 bits per heavy atom. The molecule has 0 bridgehead atoms. The number of carbonyl (C=O) groups excluding carboxylic acids is 2. The molecule has 1 fully saturated rings. The minimum Gasteiger partial charge on any atom is -0.469 e. The summed E-state index contributed by atoms with van der Waals surface area (Å²) >= 11 is 0. The van der Waals surface area contributed by atoms with Crippen molar-refractivity contribution in [1.29, 1.82) is 0 Å². The zero-order valence-electron chi connectivity index (χ0n) is 12.5. The number of esters is 1. The van der Waals surface area contributed by atoms with E-state index in [1.807, 2.05) is 31.2 Å². The topological polar surface area (TPSA) is 55.8 Å². The molecule has 1 aliphatic heterocycles. The number of ketones is 1. The minimum absolute atomic E-state index is 0.145. The normalized spacial score (nSPS) is 18.4. The molecule has 1 saturated heterocycles. The van der Waals surface area contributed by atoms with Gasteiger partial charge in [0.1, 0.15) is 0 Å². The average molecular weight is 291 g/mol. The highest BCUT2D eigenvalue weighted by atomic mass is 16.5. The summed E-state index contributed by atoms with van der Waals surface area (Å²) in [5.41, 5.74) is 1.78. The molecule has 21 heavy (non-hydrogen) atoms. The Balaban J connectivity index is 2.00. The van der Waals surface area contributed by atoms with E-state index >= 15 is 0 Å². The van der Waals surface area contributed by atoms with Crippen LogP contribution < -0.4 is 4.90 Å². The van der Waals surface area contributed by atoms with Crippen molar-refractivity contribution in [3.63, 3.8) is 0 Å². The van der Waals surface area contributed by atoms with Crippen LogP contribution in [0.4, 0.5) is 5.69 Å². The number of hydrogen-bond donors (Lipinski definition) is 0. The predicted octanol–water partition coefficient (Wildman–Crippen LogP) is 2.05. The number of anilines is 1. The number of hydrogen-bond acceptors (Lipinski definition) is 5. The van der Waals surface area contributed by atoms with Gasteiger partial charge in [-0.1, -0.05) is 6.92 Å². The quantitative estimate of drug-likeness (QED) is 0.614. The van der Waals surface area contributed by atoms with Crippen LogP contribution in [0.2, 0.25) is 0 Å². The van der Waals surface area contributed by atoms with Crippen LogP contribution in [0.15, 0.2) is 24.3 Å². The summed E-state index contributed by atoms with van der Waals surface area (Å²) in [5.74, 6) is -0.113. The Labute approximate surface area is 124 Å². The van der Waals surface area contributed by atoms with Gasteiger partial charge in [0, 0.05) is 30.8 Å². The van der Waals surface area contributed by atoms with Gasteiger partial charge in [0.05, 0.1) is 26.2 Å². The van der Waals surface area contributed by atoms with Crippen LogP contribution in [0.3, 0.4) is 0 Å². The number of carbonyl (C=O) groups is 2. The molecule has 1 aliphatic rings. The molecule has 1 aromatic carbocycles. The molecule has 1 aromatic rings. The van der Waals surface area contributed by atoms with Gasteiger partial charge >= 0.3 is 5.97 Å². The second-order valence-electron chi connectivity index (χ2n) is 5.04. The van der Waals surface area contributed by atoms with E-state index in [1.54, 1.807) is 0 Å². The molecular formula is C16H21NO4. The van der Waals surface area contributed by atoms with Gasteiger partial charge in [0.2, 0.25) is 0 Å². The van der Waals surface area contributed by atoms with Crippen LogP contribution in [0.5, 0.6) is 0 Å². The minimum atomic E-state index is -0.259. The van der Waals surface area contributed by atoms with Crippen molar-refractivity contribution in [3.05, 3.63) is 29.8 Å². The first-order valence-electron chi connectivity index (χ1n) is 7.20. The molecule has 0 spiro atoms. The van der Waals surface area contributed by atoms with Crippen molar-refractivity contribution in [3.8, 4) is 0 Å². The lowest BCUT2D eigenvalue weighted by Crippen LogP contribution is -2.43. The Bertz CT molecular complexity index is 498. The highest BCUT2D eigenvalue weighted by Gasteiger charge is 2.23. The number of methoxy groups -OCH3 is 1. The molecule has 0 N–H and O–H groups in total. The summed E-state index contributed by atoms with van der Waals surface area (Å²) in [4.78, 5) is 25.1. The van der Waals surface area contributed by atoms with Gasteiger partial charge in [-0.05, 0) is 24.3 Å². The lowest BCUT2D eigenvalue weighted by Gasteiger charge is -2.34. The second kappa shape index (κ2) is 7.22. The Kier molecular flexibility index (Phi) is 5.33. The third-order valence-electron chi connectivity index (χ3n) is 3.64. The highest BCUT2D eigenvalue weighted by Crippen LogP contribution is 2.20. The summed E-state index contributed by atoms with van der Waals surface area (Å²) in [5, 5.41) is 0. The van der Waals surface area contributed by atoms with Crippen molar-refractivity contribution in [2.45, 2.75) is 25.9 Å². The molecule has 114 valence electrons. The van der Waals surface area contributed by atoms with Gasteiger partial charge in [-0.15, -0.1) is 0 Å². The van der Waals surface area contributed by atoms with Crippen LogP contribution in [0.25, 0.3) is 0 Å². The smallest absolute Gasteiger partial charge is 0.308 e. The van der Waals surface area contributed by atoms with Crippen molar-refractivity contribution in [2.75, 3.05) is 31.7 Å². The lowest BCUT2D eigenvalue weighted by atomic mass is 10.1. The second-order valence-corrected chi connectivity index (χ2v) is 5.04. The first kappa shape index (κ1) is 15.5. The van der Waals surface area contributed by atoms with Gasteiger partial charge in [0.25, 0.3) is 0 Å². The third kappa shape index (κ3) is 4.04. The number of nitrogens with zero attached hydrogens (tertiary/aromatic N) is 1. The monoisotopic (exact) mass is 291 g/mol. The van der Waals surface area contributed by atoms with Gasteiger partial charge in [-0.2, -0.15) is 0 Å². The summed E-state index contributed by atoms with van der Waals surface area (Å²) in [6.07, 6.45) is 0.625. The number of Topliss-reactive ketones (excluding diaryl/α,β-unsaturated/α-hetero) is 1. The Morgan fingerprint density at radius 3 is 2.67 bits per heavy atom. The summed E-state index contributed by atoms with van der Waals surface area (Å²) in [7, 11) is 1.38. The van der Waals surface area contributed by atoms with Crippen LogP contribution in [-0.2, 0) is 14.3 Å². The van der Waals surface area contributed by atoms with E-state index < -0.39 is 0 Å². The van der Waals surface area contributed by atoms with Crippen LogP contribution in [-0.4, -0.2) is 44.7 Å². The van der Waals surface area contributed by atoms with Crippen molar-refractivity contribution in [2.24, 2.45) is 0 Å². The van der Waals surface area contributed by atoms with E-state index in [0.29, 0.717) is 19.6 Å². The molecule has 0 aromatic heterocycles. The molecule has 0 aliphatic carbocycles. The maximum Gasteiger partial charge on any atom is 0.308 e. The van der Waals surface area contributed by atoms with E-state index in [9.17, 15) is 9.59 Å². The molecule has 2 rings (SSSR count). The summed E-state index contributed by atoms with van der Waals surface area (Å²) in [6, 6.07) is 7.60. The van der Waals surface area contributed by atoms with Crippen LogP contribution in [0.1, 0.15) is 30.1 Å². The maximum absolute atomic E-state index is 11.6. The zero-order valence-corrected chi connectivity index (χ0v) is 12.5. The highest BCUT2D eigenvalue weighted by molar-refractivity contribution is 5.96. The maximum atomic E-state index is 11.6. The third-order valence-corrected chi connectivity index (χ3v) is 3.64. The van der Waals surface area contributed by atoms with Crippen molar-refractivity contribution in [1.82, 2.24) is 0 Å². The van der Waals surface area contributed by atoms with Crippen molar-refractivity contribution >= 4 is 17.4 Å². The van der Waals surface area contributed by atoms with Crippen LogP contribution in [0, 0.1) is 0 Å². The van der Waals surface area contributed by atoms with Crippen molar-refractivity contribution < 1.29 is 19.1 Å². The van der Waals surface area contributed by atoms with Gasteiger partial charge < -0.3 is 14.4 Å². The fourth-order valence-corrected chi connectivity index (χ4v) is 2.41. The van der Waals surface area contributed by atoms with E-state index in [2.05, 4.69) is 9.64 Å². The summed E-state index contributed by atoms with van der Waals surface area (Å²) in [6.45, 7) is 3.86. The molecule has 1 atom stereocenters. The SMILES string of the molecule is CCC(=O)c1ccc(N2CCOC(CC(=O)OC)C2)cc1. The molecule has 1 unspecified atom stereocenters. The Morgan fingerprint density at radius 1 is 1.33 bits per heavy atom. The summed E-state index contributed by atoms with van der Waals surface area (Å²) < 4.78 is 10.3. The Hall–Kier alpha value is -1.88. The van der Waals surface area contributed by atoms with E-state index in [4.69, 9.17) is 4.74 Å². The molecule has 0 amide bonds. The largest absolute Gasteiger partial charge is 0.469 e. The van der Waals surface area contributed by atoms with E-state index in [-0.39, 0.29) is 24.3 Å². The first-order valence-corrected chi connectivity index (χ1v) is 7.20. The number of ether oxygens (including phenoxy) is 2. The predicted molar refractivity (Wildman–Crippen MR) is 79.6 cm³/mol. The molecule has 0 radical (unpaired) electrons. The first-order chi connectivity index (χ1) is 10.1. The van der Waals surface area contributed by atoms with Gasteiger partial charge in [-0.3, -0.25) is 9.59 Å².